The second-order valence-corrected chi connectivity index (χ2v) is 6.26. The number of rotatable bonds is 7. The smallest absolute Gasteiger partial charge is 0.224 e. The van der Waals surface area contributed by atoms with Crippen LogP contribution in [0.5, 0.6) is 23.1 Å². The summed E-state index contributed by atoms with van der Waals surface area (Å²) < 4.78 is 21.3. The predicted octanol–water partition coefficient (Wildman–Crippen LogP) is 3.47. The van der Waals surface area contributed by atoms with Gasteiger partial charge in [0.25, 0.3) is 0 Å². The SMILES string of the molecule is COc1cc(C(=O)c2cc(-c3nccs3)cnc2OC)cc(OC)c1OC. The Balaban J connectivity index is 2.11. The minimum absolute atomic E-state index is 0.231. The van der Waals surface area contributed by atoms with E-state index >= 15 is 0 Å². The molecule has 3 rings (SSSR count). The second kappa shape index (κ2) is 8.05. The summed E-state index contributed by atoms with van der Waals surface area (Å²) in [5.74, 6) is 1.15. The lowest BCUT2D eigenvalue weighted by Gasteiger charge is -2.14. The Morgan fingerprint density at radius 3 is 2.15 bits per heavy atom. The standard InChI is InChI=1S/C19H18N2O5S/c1-23-14-8-11(9-15(24-2)17(14)25-3)16(22)13-7-12(10-21-18(13)26-4)19-20-5-6-27-19/h5-10H,1-4H3. The molecule has 0 spiro atoms. The van der Waals surface area contributed by atoms with Gasteiger partial charge in [-0.05, 0) is 18.2 Å². The molecule has 140 valence electrons. The number of methoxy groups -OCH3 is 4. The van der Waals surface area contributed by atoms with E-state index in [9.17, 15) is 4.79 Å². The van der Waals surface area contributed by atoms with Crippen LogP contribution in [0, 0.1) is 0 Å². The average molecular weight is 386 g/mol. The van der Waals surface area contributed by atoms with Gasteiger partial charge in [-0.2, -0.15) is 0 Å². The third-order valence-corrected chi connectivity index (χ3v) is 4.72. The number of aromatic nitrogens is 2. The van der Waals surface area contributed by atoms with Crippen LogP contribution < -0.4 is 18.9 Å². The molecule has 8 heteroatoms. The van der Waals surface area contributed by atoms with Crippen LogP contribution in [-0.2, 0) is 0 Å². The van der Waals surface area contributed by atoms with Gasteiger partial charge in [-0.25, -0.2) is 9.97 Å². The lowest BCUT2D eigenvalue weighted by Crippen LogP contribution is -2.07. The Bertz CT molecular complexity index is 932. The van der Waals surface area contributed by atoms with Crippen molar-refractivity contribution in [2.75, 3.05) is 28.4 Å². The molecule has 0 aliphatic rings. The highest BCUT2D eigenvalue weighted by Gasteiger charge is 2.22. The van der Waals surface area contributed by atoms with Gasteiger partial charge in [0, 0.05) is 28.9 Å². The Kier molecular flexibility index (Phi) is 5.56. The van der Waals surface area contributed by atoms with Gasteiger partial charge < -0.3 is 18.9 Å². The first-order valence-corrected chi connectivity index (χ1v) is 8.79. The second-order valence-electron chi connectivity index (χ2n) is 5.36. The van der Waals surface area contributed by atoms with E-state index in [0.717, 1.165) is 10.6 Å². The molecule has 0 atom stereocenters. The minimum atomic E-state index is -0.281. The van der Waals surface area contributed by atoms with Crippen molar-refractivity contribution in [2.45, 2.75) is 0 Å². The number of hydrogen-bond donors (Lipinski definition) is 0. The number of carbonyl (C=O) groups excluding carboxylic acids is 1. The van der Waals surface area contributed by atoms with Crippen molar-refractivity contribution in [3.05, 3.63) is 47.1 Å². The normalized spacial score (nSPS) is 10.4. The molecule has 2 heterocycles. The van der Waals surface area contributed by atoms with Crippen molar-refractivity contribution in [2.24, 2.45) is 0 Å². The first kappa shape index (κ1) is 18.7. The Hall–Kier alpha value is -3.13. The molecule has 0 unspecified atom stereocenters. The monoisotopic (exact) mass is 386 g/mol. The van der Waals surface area contributed by atoms with Crippen molar-refractivity contribution < 1.29 is 23.7 Å². The summed E-state index contributed by atoms with van der Waals surface area (Å²) in [5, 5.41) is 2.63. The highest BCUT2D eigenvalue weighted by Crippen LogP contribution is 2.39. The topological polar surface area (TPSA) is 79.8 Å². The largest absolute Gasteiger partial charge is 0.493 e. The Morgan fingerprint density at radius 1 is 0.926 bits per heavy atom. The van der Waals surface area contributed by atoms with Crippen LogP contribution in [0.2, 0.25) is 0 Å². The molecule has 2 aromatic heterocycles. The summed E-state index contributed by atoms with van der Waals surface area (Å²) in [6, 6.07) is 4.91. The van der Waals surface area contributed by atoms with Gasteiger partial charge in [-0.1, -0.05) is 0 Å². The molecule has 0 bridgehead atoms. The van der Waals surface area contributed by atoms with Crippen molar-refractivity contribution in [3.63, 3.8) is 0 Å². The third kappa shape index (κ3) is 3.56. The van der Waals surface area contributed by atoms with Crippen molar-refractivity contribution in [1.82, 2.24) is 9.97 Å². The van der Waals surface area contributed by atoms with E-state index in [4.69, 9.17) is 18.9 Å². The number of carbonyl (C=O) groups is 1. The number of benzene rings is 1. The maximum atomic E-state index is 13.2. The van der Waals surface area contributed by atoms with Gasteiger partial charge in [-0.3, -0.25) is 4.79 Å². The van der Waals surface area contributed by atoms with Gasteiger partial charge >= 0.3 is 0 Å². The Morgan fingerprint density at radius 2 is 1.63 bits per heavy atom. The van der Waals surface area contributed by atoms with E-state index in [0.29, 0.717) is 28.4 Å². The van der Waals surface area contributed by atoms with Crippen LogP contribution >= 0.6 is 11.3 Å². The van der Waals surface area contributed by atoms with Crippen molar-refractivity contribution >= 4 is 17.1 Å². The fourth-order valence-corrected chi connectivity index (χ4v) is 3.25. The molecule has 0 amide bonds. The summed E-state index contributed by atoms with van der Waals surface area (Å²) >= 11 is 1.46. The molecule has 0 saturated heterocycles. The molecule has 0 saturated carbocycles. The molecule has 0 radical (unpaired) electrons. The van der Waals surface area contributed by atoms with E-state index in [1.807, 2.05) is 5.38 Å². The maximum Gasteiger partial charge on any atom is 0.224 e. The summed E-state index contributed by atoms with van der Waals surface area (Å²) in [4.78, 5) is 21.7. The molecule has 0 fully saturated rings. The molecule has 7 nitrogen and oxygen atoms in total. The molecule has 3 aromatic rings. The van der Waals surface area contributed by atoms with Crippen LogP contribution in [0.25, 0.3) is 10.6 Å². The van der Waals surface area contributed by atoms with E-state index in [1.165, 1.54) is 39.8 Å². The number of hydrogen-bond acceptors (Lipinski definition) is 8. The van der Waals surface area contributed by atoms with Gasteiger partial charge in [0.2, 0.25) is 11.6 Å². The van der Waals surface area contributed by atoms with Crippen molar-refractivity contribution in [3.8, 4) is 33.7 Å². The number of ketones is 1. The number of nitrogens with zero attached hydrogens (tertiary/aromatic N) is 2. The number of pyridine rings is 1. The van der Waals surface area contributed by atoms with Gasteiger partial charge in [0.05, 0.1) is 34.0 Å². The summed E-state index contributed by atoms with van der Waals surface area (Å²) in [6.07, 6.45) is 3.33. The average Bonchev–Trinajstić information content (AvgIpc) is 3.26. The van der Waals surface area contributed by atoms with Crippen LogP contribution in [0.4, 0.5) is 0 Å². The summed E-state index contributed by atoms with van der Waals surface area (Å²) in [7, 11) is 5.97. The fourth-order valence-electron chi connectivity index (χ4n) is 2.63. The summed E-state index contributed by atoms with van der Waals surface area (Å²) in [5.41, 5.74) is 1.42. The first-order valence-electron chi connectivity index (χ1n) is 7.91. The zero-order valence-corrected chi connectivity index (χ0v) is 16.1. The summed E-state index contributed by atoms with van der Waals surface area (Å²) in [6.45, 7) is 0. The van der Waals surface area contributed by atoms with E-state index in [1.54, 1.807) is 30.6 Å². The predicted molar refractivity (Wildman–Crippen MR) is 101 cm³/mol. The number of ether oxygens (including phenoxy) is 4. The molecule has 27 heavy (non-hydrogen) atoms. The molecule has 0 aliphatic heterocycles. The van der Waals surface area contributed by atoms with Crippen LogP contribution in [0.15, 0.2) is 36.0 Å². The fraction of sp³-hybridized carbons (Fsp3) is 0.211. The van der Waals surface area contributed by atoms with Gasteiger partial charge in [-0.15, -0.1) is 11.3 Å². The van der Waals surface area contributed by atoms with E-state index in [-0.39, 0.29) is 11.7 Å². The molecule has 0 N–H and O–H groups in total. The minimum Gasteiger partial charge on any atom is -0.493 e. The van der Waals surface area contributed by atoms with Crippen LogP contribution in [-0.4, -0.2) is 44.2 Å². The molecular formula is C19H18N2O5S. The zero-order valence-electron chi connectivity index (χ0n) is 15.3. The quantitative estimate of drug-likeness (QED) is 0.575. The van der Waals surface area contributed by atoms with Crippen LogP contribution in [0.1, 0.15) is 15.9 Å². The molecule has 0 aliphatic carbocycles. The zero-order chi connectivity index (χ0) is 19.4. The molecule has 1 aromatic carbocycles. The lowest BCUT2D eigenvalue weighted by molar-refractivity contribution is 0.103. The third-order valence-electron chi connectivity index (χ3n) is 3.90. The van der Waals surface area contributed by atoms with E-state index in [2.05, 4.69) is 9.97 Å². The molecular weight excluding hydrogens is 368 g/mol. The lowest BCUT2D eigenvalue weighted by atomic mass is 10.0. The highest BCUT2D eigenvalue weighted by atomic mass is 32.1. The number of thiazole rings is 1. The van der Waals surface area contributed by atoms with Crippen molar-refractivity contribution in [1.29, 1.82) is 0 Å². The van der Waals surface area contributed by atoms with Gasteiger partial charge in [0.1, 0.15) is 5.01 Å². The Labute approximate surface area is 160 Å². The first-order chi connectivity index (χ1) is 13.1. The van der Waals surface area contributed by atoms with E-state index < -0.39 is 0 Å². The maximum absolute atomic E-state index is 13.2. The van der Waals surface area contributed by atoms with Gasteiger partial charge in [0.15, 0.2) is 17.3 Å². The van der Waals surface area contributed by atoms with Crippen LogP contribution in [0.3, 0.4) is 0 Å². The highest BCUT2D eigenvalue weighted by molar-refractivity contribution is 7.13.